The second-order valence-electron chi connectivity index (χ2n) is 13.1. The fourth-order valence-electron chi connectivity index (χ4n) is 4.84. The van der Waals surface area contributed by atoms with Gasteiger partial charge in [-0.3, -0.25) is 43.3 Å². The molecule has 0 unspecified atom stereocenters. The van der Waals surface area contributed by atoms with Crippen molar-refractivity contribution < 1.29 is 63.6 Å². The lowest BCUT2D eigenvalue weighted by Crippen LogP contribution is -2.60. The van der Waals surface area contributed by atoms with Crippen molar-refractivity contribution in [3.8, 4) is 0 Å². The summed E-state index contributed by atoms with van der Waals surface area (Å²) in [5, 5.41) is 48.7. The van der Waals surface area contributed by atoms with Gasteiger partial charge in [0, 0.05) is 19.4 Å². The largest absolute Gasteiger partial charge is 0.481 e. The molecule has 0 aliphatic carbocycles. The molecule has 0 rings (SSSR count). The second kappa shape index (κ2) is 24.7. The van der Waals surface area contributed by atoms with Crippen LogP contribution >= 0.6 is 0 Å². The topological polar surface area (TPSA) is 385 Å². The van der Waals surface area contributed by atoms with E-state index in [1.54, 1.807) is 27.7 Å². The Morgan fingerprint density at radius 2 is 1.11 bits per heavy atom. The Morgan fingerprint density at radius 1 is 0.611 bits per heavy atom. The lowest BCUT2D eigenvalue weighted by Gasteiger charge is -2.28. The minimum Gasteiger partial charge on any atom is -0.481 e. The Bertz CT molecular complexity index is 1370. The van der Waals surface area contributed by atoms with Crippen molar-refractivity contribution in [1.82, 2.24) is 26.6 Å². The monoisotopic (exact) mass is 773 g/mol. The van der Waals surface area contributed by atoms with Crippen LogP contribution in [0.25, 0.3) is 0 Å². The standard InChI is InChI=1S/C32H55N9O13/c1-5-16(4)25(41-26(48)17(33)8-10-22(42)43)30(52)37-18(7-6-12-36-32(34)35)27(49)40-21(14-24(46)47)29(51)39-20(13-15(2)3)28(50)38-19(31(53)54)9-11-23(44)45/h15-21,25H,5-14,33H2,1-4H3,(H,37,52)(H,38,50)(H,39,51)(H,40,49)(H,41,48)(H,42,43)(H,44,45)(H,46,47)(H,53,54)(H4,34,35,36)/t16-,17-,18-,19-,20-,21-,25-/m0/s1. The number of amides is 5. The molecule has 0 spiro atoms. The van der Waals surface area contributed by atoms with Crippen LogP contribution < -0.4 is 43.8 Å². The van der Waals surface area contributed by atoms with Crippen molar-refractivity contribution in [3.05, 3.63) is 0 Å². The van der Waals surface area contributed by atoms with Crippen LogP contribution in [0, 0.1) is 11.8 Å². The van der Waals surface area contributed by atoms with Gasteiger partial charge in [0.2, 0.25) is 29.5 Å². The van der Waals surface area contributed by atoms with Gasteiger partial charge in [0.15, 0.2) is 5.96 Å². The first kappa shape index (κ1) is 48.5. The van der Waals surface area contributed by atoms with Gasteiger partial charge in [0.25, 0.3) is 0 Å². The van der Waals surface area contributed by atoms with E-state index in [0.717, 1.165) is 0 Å². The highest BCUT2D eigenvalue weighted by molar-refractivity contribution is 5.97. The molecule has 22 nitrogen and oxygen atoms in total. The maximum atomic E-state index is 13.6. The third-order valence-electron chi connectivity index (χ3n) is 7.99. The molecule has 5 amide bonds. The van der Waals surface area contributed by atoms with Gasteiger partial charge in [0.05, 0.1) is 12.5 Å². The number of aliphatic imine (C=N–C) groups is 1. The molecule has 0 aliphatic rings. The quantitative estimate of drug-likeness (QED) is 0.0227. The molecule has 15 N–H and O–H groups in total. The van der Waals surface area contributed by atoms with Crippen LogP contribution in [0.5, 0.6) is 0 Å². The van der Waals surface area contributed by atoms with Crippen LogP contribution in [0.2, 0.25) is 0 Å². The normalized spacial score (nSPS) is 14.8. The molecule has 0 radical (unpaired) electrons. The minimum atomic E-state index is -1.82. The zero-order valence-corrected chi connectivity index (χ0v) is 30.8. The Kier molecular flexibility index (Phi) is 22.1. The molecular weight excluding hydrogens is 718 g/mol. The summed E-state index contributed by atoms with van der Waals surface area (Å²) in [6, 6.07) is -8.87. The molecular formula is C32H55N9O13. The fraction of sp³-hybridized carbons (Fsp3) is 0.688. The summed E-state index contributed by atoms with van der Waals surface area (Å²) in [4.78, 5) is 116. The van der Waals surface area contributed by atoms with Gasteiger partial charge < -0.3 is 64.2 Å². The van der Waals surface area contributed by atoms with Crippen LogP contribution in [0.1, 0.15) is 85.5 Å². The van der Waals surface area contributed by atoms with Crippen LogP contribution in [0.4, 0.5) is 0 Å². The van der Waals surface area contributed by atoms with Crippen LogP contribution in [0.3, 0.4) is 0 Å². The summed E-state index contributed by atoms with van der Waals surface area (Å²) in [6.45, 7) is 6.71. The number of carbonyl (C=O) groups excluding carboxylic acids is 5. The van der Waals surface area contributed by atoms with Crippen molar-refractivity contribution in [2.45, 2.75) is 122 Å². The number of carbonyl (C=O) groups is 9. The average molecular weight is 774 g/mol. The third kappa shape index (κ3) is 19.9. The fourth-order valence-corrected chi connectivity index (χ4v) is 4.84. The van der Waals surface area contributed by atoms with Gasteiger partial charge in [-0.05, 0) is 43.9 Å². The third-order valence-corrected chi connectivity index (χ3v) is 7.99. The first-order chi connectivity index (χ1) is 25.1. The molecule has 0 aromatic rings. The number of hydrogen-bond acceptors (Lipinski definition) is 11. The van der Waals surface area contributed by atoms with E-state index in [-0.39, 0.29) is 44.1 Å². The van der Waals surface area contributed by atoms with Gasteiger partial charge in [-0.15, -0.1) is 0 Å². The molecule has 0 aromatic heterocycles. The van der Waals surface area contributed by atoms with Crippen molar-refractivity contribution in [2.75, 3.05) is 6.54 Å². The number of guanidine groups is 1. The van der Waals surface area contributed by atoms with E-state index in [4.69, 9.17) is 27.4 Å². The van der Waals surface area contributed by atoms with E-state index in [2.05, 4.69) is 31.6 Å². The Balaban J connectivity index is 6.36. The minimum absolute atomic E-state index is 0.000772. The number of aliphatic carboxylic acids is 4. The highest BCUT2D eigenvalue weighted by Gasteiger charge is 2.35. The van der Waals surface area contributed by atoms with Crippen LogP contribution in [-0.4, -0.2) is 123 Å². The highest BCUT2D eigenvalue weighted by atomic mass is 16.4. The van der Waals surface area contributed by atoms with Crippen molar-refractivity contribution in [3.63, 3.8) is 0 Å². The van der Waals surface area contributed by atoms with E-state index in [0.29, 0.717) is 6.42 Å². The van der Waals surface area contributed by atoms with Gasteiger partial charge in [-0.1, -0.05) is 34.1 Å². The van der Waals surface area contributed by atoms with E-state index < -0.39 is 121 Å². The van der Waals surface area contributed by atoms with Gasteiger partial charge in [0.1, 0.15) is 30.2 Å². The molecule has 0 fully saturated rings. The number of carboxylic acid groups (broad SMARTS) is 4. The van der Waals surface area contributed by atoms with E-state index in [9.17, 15) is 53.4 Å². The molecule has 0 saturated carbocycles. The first-order valence-corrected chi connectivity index (χ1v) is 17.3. The first-order valence-electron chi connectivity index (χ1n) is 17.3. The molecule has 0 saturated heterocycles. The molecule has 7 atom stereocenters. The summed E-state index contributed by atoms with van der Waals surface area (Å²) in [7, 11) is 0. The lowest BCUT2D eigenvalue weighted by molar-refractivity contribution is -0.144. The maximum absolute atomic E-state index is 13.6. The highest BCUT2D eigenvalue weighted by Crippen LogP contribution is 2.12. The number of nitrogens with zero attached hydrogens (tertiary/aromatic N) is 1. The average Bonchev–Trinajstić information content (AvgIpc) is 3.06. The Morgan fingerprint density at radius 3 is 1.61 bits per heavy atom. The molecule has 22 heteroatoms. The summed E-state index contributed by atoms with van der Waals surface area (Å²) in [5.74, 6) is -11.5. The molecule has 306 valence electrons. The van der Waals surface area contributed by atoms with Crippen LogP contribution in [-0.2, 0) is 43.2 Å². The summed E-state index contributed by atoms with van der Waals surface area (Å²) >= 11 is 0. The molecule has 0 heterocycles. The number of hydrogen-bond donors (Lipinski definition) is 12. The number of nitrogens with two attached hydrogens (primary N) is 3. The maximum Gasteiger partial charge on any atom is 0.326 e. The predicted molar refractivity (Wildman–Crippen MR) is 190 cm³/mol. The van der Waals surface area contributed by atoms with Gasteiger partial charge in [-0.2, -0.15) is 0 Å². The number of nitrogens with one attached hydrogen (secondary N) is 5. The van der Waals surface area contributed by atoms with Gasteiger partial charge >= 0.3 is 23.9 Å². The van der Waals surface area contributed by atoms with E-state index in [1.165, 1.54) is 0 Å². The zero-order chi connectivity index (χ0) is 41.7. The number of rotatable bonds is 27. The molecule has 54 heavy (non-hydrogen) atoms. The molecule has 0 aliphatic heterocycles. The zero-order valence-electron chi connectivity index (χ0n) is 30.8. The summed E-state index contributed by atoms with van der Waals surface area (Å²) in [6.07, 6.45) is -2.43. The number of carboxylic acids is 4. The summed E-state index contributed by atoms with van der Waals surface area (Å²) in [5.41, 5.74) is 16.5. The van der Waals surface area contributed by atoms with Crippen molar-refractivity contribution in [2.24, 2.45) is 34.0 Å². The SMILES string of the molecule is CC[C@H](C)[C@H](NC(=O)[C@@H](N)CCC(=O)O)C(=O)N[C@@H](CCCN=C(N)N)C(=O)N[C@@H](CC(=O)O)C(=O)N[C@@H](CC(C)C)C(=O)N[C@@H](CCC(=O)O)C(=O)O. The summed E-state index contributed by atoms with van der Waals surface area (Å²) < 4.78 is 0. The smallest absolute Gasteiger partial charge is 0.326 e. The van der Waals surface area contributed by atoms with Crippen molar-refractivity contribution in [1.29, 1.82) is 0 Å². The van der Waals surface area contributed by atoms with E-state index >= 15 is 0 Å². The van der Waals surface area contributed by atoms with Crippen LogP contribution in [0.15, 0.2) is 4.99 Å². The lowest BCUT2D eigenvalue weighted by atomic mass is 9.96. The second-order valence-corrected chi connectivity index (χ2v) is 13.1. The van der Waals surface area contributed by atoms with Crippen molar-refractivity contribution >= 4 is 59.4 Å². The molecule has 0 aromatic carbocycles. The Hall–Kier alpha value is -5.54. The Labute approximate surface area is 311 Å². The van der Waals surface area contributed by atoms with Gasteiger partial charge in [-0.25, -0.2) is 4.79 Å². The molecule has 0 bridgehead atoms. The van der Waals surface area contributed by atoms with E-state index in [1.807, 2.05) is 0 Å². The predicted octanol–water partition coefficient (Wildman–Crippen LogP) is -2.83.